The summed E-state index contributed by atoms with van der Waals surface area (Å²) in [4.78, 5) is 11.1. The molecule has 0 unspecified atom stereocenters. The molecule has 2 rings (SSSR count). The van der Waals surface area contributed by atoms with Gasteiger partial charge in [0.15, 0.2) is 11.6 Å². The molecule has 1 saturated carbocycles. The molecule has 0 aliphatic heterocycles. The lowest BCUT2D eigenvalue weighted by atomic mass is 9.91. The molecule has 0 aromatic heterocycles. The van der Waals surface area contributed by atoms with Crippen LogP contribution < -0.4 is 0 Å². The van der Waals surface area contributed by atoms with E-state index in [1.165, 1.54) is 6.07 Å². The highest BCUT2D eigenvalue weighted by Crippen LogP contribution is 2.52. The summed E-state index contributed by atoms with van der Waals surface area (Å²) in [5, 5.41) is 18.6. The van der Waals surface area contributed by atoms with E-state index in [1.807, 2.05) is 0 Å². The lowest BCUT2D eigenvalue weighted by Gasteiger charge is -2.15. The molecule has 2 N–H and O–H groups in total. The fraction of sp³-hybridized carbons (Fsp3) is 0.364. The van der Waals surface area contributed by atoms with Crippen molar-refractivity contribution in [3.8, 4) is 5.75 Å². The van der Waals surface area contributed by atoms with Gasteiger partial charge in [-0.05, 0) is 31.4 Å². The second-order valence-electron chi connectivity index (χ2n) is 3.98. The molecule has 0 heterocycles. The van der Waals surface area contributed by atoms with Crippen molar-refractivity contribution in [1.82, 2.24) is 0 Å². The first kappa shape index (κ1) is 9.96. The van der Waals surface area contributed by atoms with Crippen molar-refractivity contribution in [3.63, 3.8) is 0 Å². The standard InChI is InChI=1S/C11H11FO3/c1-6-2-3-7(12)9(13)8(6)11(4-5-11)10(14)15/h2-3,13H,4-5H2,1H3,(H,14,15). The summed E-state index contributed by atoms with van der Waals surface area (Å²) < 4.78 is 13.1. The van der Waals surface area contributed by atoms with Crippen LogP contribution in [0.25, 0.3) is 0 Å². The van der Waals surface area contributed by atoms with Crippen LogP contribution >= 0.6 is 0 Å². The van der Waals surface area contributed by atoms with Crippen molar-refractivity contribution in [3.05, 3.63) is 29.1 Å². The summed E-state index contributed by atoms with van der Waals surface area (Å²) >= 11 is 0. The highest BCUT2D eigenvalue weighted by Gasteiger charge is 2.54. The Labute approximate surface area is 86.2 Å². The quantitative estimate of drug-likeness (QED) is 0.784. The van der Waals surface area contributed by atoms with Crippen molar-refractivity contribution in [2.45, 2.75) is 25.2 Å². The first-order valence-electron chi connectivity index (χ1n) is 4.71. The van der Waals surface area contributed by atoms with E-state index < -0.39 is 23.0 Å². The second kappa shape index (κ2) is 2.95. The van der Waals surface area contributed by atoms with Gasteiger partial charge in [0, 0.05) is 5.56 Å². The van der Waals surface area contributed by atoms with E-state index in [9.17, 15) is 14.3 Å². The van der Waals surface area contributed by atoms with E-state index in [1.54, 1.807) is 6.92 Å². The Morgan fingerprint density at radius 3 is 2.53 bits per heavy atom. The van der Waals surface area contributed by atoms with Crippen LogP contribution in [0.3, 0.4) is 0 Å². The van der Waals surface area contributed by atoms with Gasteiger partial charge in [0.2, 0.25) is 0 Å². The predicted molar refractivity (Wildman–Crippen MR) is 51.3 cm³/mol. The van der Waals surface area contributed by atoms with Crippen LogP contribution in [-0.4, -0.2) is 16.2 Å². The molecule has 4 heteroatoms. The molecule has 15 heavy (non-hydrogen) atoms. The number of benzene rings is 1. The van der Waals surface area contributed by atoms with Gasteiger partial charge in [-0.25, -0.2) is 4.39 Å². The highest BCUT2D eigenvalue weighted by atomic mass is 19.1. The van der Waals surface area contributed by atoms with Gasteiger partial charge in [0.25, 0.3) is 0 Å². The van der Waals surface area contributed by atoms with Gasteiger partial charge in [0.05, 0.1) is 5.41 Å². The maximum absolute atomic E-state index is 13.1. The minimum absolute atomic E-state index is 0.231. The Bertz CT molecular complexity index is 436. The van der Waals surface area contributed by atoms with E-state index in [0.717, 1.165) is 6.07 Å². The first-order valence-corrected chi connectivity index (χ1v) is 4.71. The summed E-state index contributed by atoms with van der Waals surface area (Å²) in [6.45, 7) is 1.68. The molecular weight excluding hydrogens is 199 g/mol. The number of hydrogen-bond acceptors (Lipinski definition) is 2. The molecule has 1 aromatic carbocycles. The predicted octanol–water partition coefficient (Wildman–Crippen LogP) is 1.96. The van der Waals surface area contributed by atoms with Gasteiger partial charge >= 0.3 is 5.97 Å². The van der Waals surface area contributed by atoms with E-state index in [2.05, 4.69) is 0 Å². The Balaban J connectivity index is 2.62. The number of aromatic hydroxyl groups is 1. The SMILES string of the molecule is Cc1ccc(F)c(O)c1C1(C(=O)O)CC1. The van der Waals surface area contributed by atoms with E-state index in [0.29, 0.717) is 18.4 Å². The van der Waals surface area contributed by atoms with E-state index >= 15 is 0 Å². The van der Waals surface area contributed by atoms with Crippen LogP contribution in [0.1, 0.15) is 24.0 Å². The molecule has 1 aliphatic carbocycles. The van der Waals surface area contributed by atoms with Gasteiger partial charge in [-0.15, -0.1) is 0 Å². The minimum Gasteiger partial charge on any atom is -0.505 e. The number of rotatable bonds is 2. The summed E-state index contributed by atoms with van der Waals surface area (Å²) in [5.41, 5.74) is -0.209. The Morgan fingerprint density at radius 1 is 1.47 bits per heavy atom. The number of carbonyl (C=O) groups is 1. The topological polar surface area (TPSA) is 57.5 Å². The Kier molecular flexibility index (Phi) is 1.96. The number of phenolic OH excluding ortho intramolecular Hbond substituents is 1. The van der Waals surface area contributed by atoms with Crippen molar-refractivity contribution < 1.29 is 19.4 Å². The number of halogens is 1. The molecule has 1 fully saturated rings. The molecule has 0 atom stereocenters. The second-order valence-corrected chi connectivity index (χ2v) is 3.98. The van der Waals surface area contributed by atoms with Crippen LogP contribution in [0, 0.1) is 12.7 Å². The molecule has 0 saturated heterocycles. The summed E-state index contributed by atoms with van der Waals surface area (Å²) in [7, 11) is 0. The third-order valence-corrected chi connectivity index (χ3v) is 2.97. The molecule has 0 amide bonds. The lowest BCUT2D eigenvalue weighted by Crippen LogP contribution is -2.21. The third kappa shape index (κ3) is 1.28. The van der Waals surface area contributed by atoms with Crippen LogP contribution in [0.15, 0.2) is 12.1 Å². The van der Waals surface area contributed by atoms with Gasteiger partial charge < -0.3 is 10.2 Å². The monoisotopic (exact) mass is 210 g/mol. The molecular formula is C11H11FO3. The molecule has 0 radical (unpaired) electrons. The van der Waals surface area contributed by atoms with Crippen molar-refractivity contribution >= 4 is 5.97 Å². The Morgan fingerprint density at radius 2 is 2.07 bits per heavy atom. The zero-order valence-electron chi connectivity index (χ0n) is 8.25. The fourth-order valence-electron chi connectivity index (χ4n) is 1.97. The first-order chi connectivity index (χ1) is 6.99. The van der Waals surface area contributed by atoms with Crippen LogP contribution in [0.5, 0.6) is 5.75 Å². The van der Waals surface area contributed by atoms with Crippen molar-refractivity contribution in [2.24, 2.45) is 0 Å². The number of hydrogen-bond donors (Lipinski definition) is 2. The fourth-order valence-corrected chi connectivity index (χ4v) is 1.97. The lowest BCUT2D eigenvalue weighted by molar-refractivity contribution is -0.140. The molecule has 1 aromatic rings. The number of aliphatic carboxylic acids is 1. The molecule has 0 bridgehead atoms. The summed E-state index contributed by atoms with van der Waals surface area (Å²) in [6, 6.07) is 2.64. The minimum atomic E-state index is -1.06. The van der Waals surface area contributed by atoms with Crippen LogP contribution in [0.2, 0.25) is 0 Å². The number of carboxylic acid groups (broad SMARTS) is 1. The maximum Gasteiger partial charge on any atom is 0.314 e. The van der Waals surface area contributed by atoms with Crippen LogP contribution in [0.4, 0.5) is 4.39 Å². The summed E-state index contributed by atoms with van der Waals surface area (Å²) in [6.07, 6.45) is 0.917. The normalized spacial score (nSPS) is 17.5. The molecule has 0 spiro atoms. The van der Waals surface area contributed by atoms with Crippen molar-refractivity contribution in [2.75, 3.05) is 0 Å². The molecule has 80 valence electrons. The maximum atomic E-state index is 13.1. The van der Waals surface area contributed by atoms with E-state index in [4.69, 9.17) is 5.11 Å². The average Bonchev–Trinajstić information content (AvgIpc) is 2.93. The number of carboxylic acids is 1. The smallest absolute Gasteiger partial charge is 0.314 e. The number of aryl methyl sites for hydroxylation is 1. The number of phenols is 1. The van der Waals surface area contributed by atoms with Gasteiger partial charge in [0.1, 0.15) is 0 Å². The van der Waals surface area contributed by atoms with Gasteiger partial charge in [-0.3, -0.25) is 4.79 Å². The zero-order valence-corrected chi connectivity index (χ0v) is 8.25. The van der Waals surface area contributed by atoms with Gasteiger partial charge in [-0.1, -0.05) is 6.07 Å². The highest BCUT2D eigenvalue weighted by molar-refractivity contribution is 5.86. The third-order valence-electron chi connectivity index (χ3n) is 2.97. The van der Waals surface area contributed by atoms with Crippen molar-refractivity contribution in [1.29, 1.82) is 0 Å². The largest absolute Gasteiger partial charge is 0.505 e. The summed E-state index contributed by atoms with van der Waals surface area (Å²) in [5.74, 6) is -2.27. The van der Waals surface area contributed by atoms with Crippen LogP contribution in [-0.2, 0) is 10.2 Å². The van der Waals surface area contributed by atoms with E-state index in [-0.39, 0.29) is 5.56 Å². The molecule has 1 aliphatic rings. The van der Waals surface area contributed by atoms with Gasteiger partial charge in [-0.2, -0.15) is 0 Å². The zero-order chi connectivity index (χ0) is 11.2. The Hall–Kier alpha value is -1.58. The molecule has 3 nitrogen and oxygen atoms in total. The average molecular weight is 210 g/mol.